The number of amides is 2. The number of anilines is 2. The van der Waals surface area contributed by atoms with E-state index in [4.69, 9.17) is 0 Å². The summed E-state index contributed by atoms with van der Waals surface area (Å²) in [5.74, 6) is 0.249. The van der Waals surface area contributed by atoms with Gasteiger partial charge in [0.1, 0.15) is 0 Å². The highest BCUT2D eigenvalue weighted by atomic mass is 16.2. The maximum absolute atomic E-state index is 12.3. The number of pyridine rings is 1. The number of hydrogen-bond donors (Lipinski definition) is 2. The monoisotopic (exact) mass is 349 g/mol. The molecule has 7 heteroatoms. The lowest BCUT2D eigenvalue weighted by atomic mass is 10.1. The highest BCUT2D eigenvalue weighted by Gasteiger charge is 2.09. The number of aromatic nitrogens is 3. The number of hydrogen-bond acceptors (Lipinski definition) is 4. The zero-order valence-electron chi connectivity index (χ0n) is 14.5. The van der Waals surface area contributed by atoms with E-state index in [0.717, 1.165) is 0 Å². The van der Waals surface area contributed by atoms with Crippen molar-refractivity contribution in [3.63, 3.8) is 0 Å². The molecule has 0 fully saturated rings. The first-order valence-electron chi connectivity index (χ1n) is 8.21. The van der Waals surface area contributed by atoms with Gasteiger partial charge in [0.05, 0.1) is 11.9 Å². The Morgan fingerprint density at radius 3 is 2.31 bits per heavy atom. The molecule has 2 amide bonds. The van der Waals surface area contributed by atoms with E-state index in [9.17, 15) is 9.59 Å². The van der Waals surface area contributed by atoms with E-state index in [1.807, 2.05) is 19.9 Å². The summed E-state index contributed by atoms with van der Waals surface area (Å²) in [6, 6.07) is 12.1. The highest BCUT2D eigenvalue weighted by Crippen LogP contribution is 2.14. The lowest BCUT2D eigenvalue weighted by Crippen LogP contribution is -2.18. The van der Waals surface area contributed by atoms with Gasteiger partial charge in [0.25, 0.3) is 5.91 Å². The molecule has 0 saturated heterocycles. The third-order valence-electron chi connectivity index (χ3n) is 3.68. The van der Waals surface area contributed by atoms with Crippen LogP contribution in [-0.4, -0.2) is 26.6 Å². The highest BCUT2D eigenvalue weighted by molar-refractivity contribution is 6.04. The summed E-state index contributed by atoms with van der Waals surface area (Å²) in [7, 11) is 0. The SMILES string of the molecule is CC(C)C(=O)Nc1ccc(C(=O)Nc2ccc(-n3cccn3)nc2)cc1. The molecule has 1 aromatic carbocycles. The largest absolute Gasteiger partial charge is 0.326 e. The lowest BCUT2D eigenvalue weighted by Gasteiger charge is -2.09. The Morgan fingerprint density at radius 1 is 1.00 bits per heavy atom. The van der Waals surface area contributed by atoms with Crippen molar-refractivity contribution in [1.82, 2.24) is 14.8 Å². The van der Waals surface area contributed by atoms with Crippen LogP contribution in [0.2, 0.25) is 0 Å². The lowest BCUT2D eigenvalue weighted by molar-refractivity contribution is -0.118. The summed E-state index contributed by atoms with van der Waals surface area (Å²) in [6.45, 7) is 3.64. The summed E-state index contributed by atoms with van der Waals surface area (Å²) in [6.07, 6.45) is 5.04. The molecule has 2 aromatic heterocycles. The van der Waals surface area contributed by atoms with Gasteiger partial charge in [0.15, 0.2) is 5.82 Å². The maximum atomic E-state index is 12.3. The van der Waals surface area contributed by atoms with Gasteiger partial charge < -0.3 is 10.6 Å². The molecule has 0 saturated carbocycles. The van der Waals surface area contributed by atoms with E-state index in [0.29, 0.717) is 22.8 Å². The van der Waals surface area contributed by atoms with Crippen LogP contribution in [0.4, 0.5) is 11.4 Å². The average Bonchev–Trinajstić information content (AvgIpc) is 3.17. The van der Waals surface area contributed by atoms with E-state index in [-0.39, 0.29) is 17.7 Å². The molecule has 0 aliphatic rings. The molecule has 132 valence electrons. The molecule has 7 nitrogen and oxygen atoms in total. The van der Waals surface area contributed by atoms with Crippen molar-refractivity contribution in [3.05, 3.63) is 66.6 Å². The van der Waals surface area contributed by atoms with Crippen molar-refractivity contribution < 1.29 is 9.59 Å². The minimum absolute atomic E-state index is 0.0643. The first-order chi connectivity index (χ1) is 12.5. The number of benzene rings is 1. The van der Waals surface area contributed by atoms with Crippen molar-refractivity contribution in [1.29, 1.82) is 0 Å². The molecule has 0 bridgehead atoms. The van der Waals surface area contributed by atoms with E-state index in [2.05, 4.69) is 20.7 Å². The smallest absolute Gasteiger partial charge is 0.255 e. The topological polar surface area (TPSA) is 88.9 Å². The molecule has 3 rings (SSSR count). The van der Waals surface area contributed by atoms with Gasteiger partial charge in [-0.3, -0.25) is 9.59 Å². The quantitative estimate of drug-likeness (QED) is 0.741. The molecule has 0 atom stereocenters. The van der Waals surface area contributed by atoms with Gasteiger partial charge in [-0.25, -0.2) is 9.67 Å². The number of nitrogens with one attached hydrogen (secondary N) is 2. The molecule has 0 aliphatic heterocycles. The zero-order chi connectivity index (χ0) is 18.5. The minimum atomic E-state index is -0.250. The van der Waals surface area contributed by atoms with Crippen LogP contribution in [0, 0.1) is 5.92 Å². The van der Waals surface area contributed by atoms with Crippen LogP contribution in [0.3, 0.4) is 0 Å². The fraction of sp³-hybridized carbons (Fsp3) is 0.158. The van der Waals surface area contributed by atoms with Crippen LogP contribution in [0.5, 0.6) is 0 Å². The predicted octanol–water partition coefficient (Wildman–Crippen LogP) is 3.11. The molecular formula is C19H19N5O2. The van der Waals surface area contributed by atoms with Gasteiger partial charge >= 0.3 is 0 Å². The molecular weight excluding hydrogens is 330 g/mol. The Balaban J connectivity index is 1.63. The van der Waals surface area contributed by atoms with E-state index in [1.165, 1.54) is 0 Å². The van der Waals surface area contributed by atoms with Crippen molar-refractivity contribution >= 4 is 23.2 Å². The summed E-state index contributed by atoms with van der Waals surface area (Å²) in [5, 5.41) is 9.68. The van der Waals surface area contributed by atoms with Gasteiger partial charge in [0.2, 0.25) is 5.91 Å². The molecule has 0 spiro atoms. The van der Waals surface area contributed by atoms with Gasteiger partial charge in [0, 0.05) is 29.6 Å². The fourth-order valence-electron chi connectivity index (χ4n) is 2.19. The van der Waals surface area contributed by atoms with Gasteiger partial charge in [-0.05, 0) is 42.5 Å². The Morgan fingerprint density at radius 2 is 1.73 bits per heavy atom. The van der Waals surface area contributed by atoms with Crippen LogP contribution in [-0.2, 0) is 4.79 Å². The van der Waals surface area contributed by atoms with E-state index < -0.39 is 0 Å². The van der Waals surface area contributed by atoms with Crippen LogP contribution in [0.25, 0.3) is 5.82 Å². The molecule has 0 aliphatic carbocycles. The van der Waals surface area contributed by atoms with E-state index in [1.54, 1.807) is 59.7 Å². The van der Waals surface area contributed by atoms with Crippen molar-refractivity contribution in [2.24, 2.45) is 5.92 Å². The summed E-state index contributed by atoms with van der Waals surface area (Å²) in [5.41, 5.74) is 1.73. The number of carbonyl (C=O) groups is 2. The average molecular weight is 349 g/mol. The number of carbonyl (C=O) groups excluding carboxylic acids is 2. The zero-order valence-corrected chi connectivity index (χ0v) is 14.5. The van der Waals surface area contributed by atoms with Gasteiger partial charge in [-0.2, -0.15) is 5.10 Å². The molecule has 2 heterocycles. The van der Waals surface area contributed by atoms with Crippen LogP contribution in [0.15, 0.2) is 61.1 Å². The predicted molar refractivity (Wildman–Crippen MR) is 99.2 cm³/mol. The first-order valence-corrected chi connectivity index (χ1v) is 8.21. The molecule has 2 N–H and O–H groups in total. The fourth-order valence-corrected chi connectivity index (χ4v) is 2.19. The first kappa shape index (κ1) is 17.3. The molecule has 26 heavy (non-hydrogen) atoms. The van der Waals surface area contributed by atoms with Crippen LogP contribution >= 0.6 is 0 Å². The second-order valence-corrected chi connectivity index (χ2v) is 6.03. The molecule has 0 radical (unpaired) electrons. The normalized spacial score (nSPS) is 10.6. The van der Waals surface area contributed by atoms with E-state index >= 15 is 0 Å². The summed E-state index contributed by atoms with van der Waals surface area (Å²) in [4.78, 5) is 28.3. The second-order valence-electron chi connectivity index (χ2n) is 6.03. The van der Waals surface area contributed by atoms with Crippen molar-refractivity contribution in [2.45, 2.75) is 13.8 Å². The Labute approximate surface area is 151 Å². The Hall–Kier alpha value is -3.48. The Kier molecular flexibility index (Phi) is 5.07. The van der Waals surface area contributed by atoms with Gasteiger partial charge in [-0.1, -0.05) is 13.8 Å². The summed E-state index contributed by atoms with van der Waals surface area (Å²) < 4.78 is 1.63. The Bertz CT molecular complexity index is 885. The number of rotatable bonds is 5. The number of nitrogens with zero attached hydrogens (tertiary/aromatic N) is 3. The molecule has 0 unspecified atom stereocenters. The molecule has 3 aromatic rings. The summed E-state index contributed by atoms with van der Waals surface area (Å²) >= 11 is 0. The third kappa shape index (κ3) is 4.13. The van der Waals surface area contributed by atoms with Crippen LogP contribution in [0.1, 0.15) is 24.2 Å². The van der Waals surface area contributed by atoms with Crippen molar-refractivity contribution in [3.8, 4) is 5.82 Å². The van der Waals surface area contributed by atoms with Gasteiger partial charge in [-0.15, -0.1) is 0 Å². The second kappa shape index (κ2) is 7.60. The minimum Gasteiger partial charge on any atom is -0.326 e. The van der Waals surface area contributed by atoms with Crippen molar-refractivity contribution in [2.75, 3.05) is 10.6 Å². The van der Waals surface area contributed by atoms with Crippen LogP contribution < -0.4 is 10.6 Å². The maximum Gasteiger partial charge on any atom is 0.255 e. The standard InChI is InChI=1S/C19H19N5O2/c1-13(2)18(25)22-15-6-4-14(5-7-15)19(26)23-16-8-9-17(20-12-16)24-11-3-10-21-24/h3-13H,1-2H3,(H,22,25)(H,23,26). The third-order valence-corrected chi connectivity index (χ3v) is 3.68.